The minimum Gasteiger partial charge on any atom is -0.507 e. The molecule has 0 aliphatic carbocycles. The largest absolute Gasteiger partial charge is 0.507 e. The third-order valence-electron chi connectivity index (χ3n) is 23.7. The number of carbonyl (C=O) groups is 8. The fraction of sp³-hybridized carbons (Fsp3) is 0.439. The van der Waals surface area contributed by atoms with Gasteiger partial charge in [-0.15, -0.1) is 6.58 Å². The van der Waals surface area contributed by atoms with Gasteiger partial charge in [0.1, 0.15) is 66.1 Å². The number of ether oxygens (including phenoxy) is 2. The fourth-order valence-electron chi connectivity index (χ4n) is 14.0. The Kier molecular flexibility index (Phi) is 46.9. The number of piperidine rings is 5. The van der Waals surface area contributed by atoms with Crippen LogP contribution in [0.5, 0.6) is 34.5 Å². The second-order valence-electron chi connectivity index (χ2n) is 34.8. The van der Waals surface area contributed by atoms with Crippen LogP contribution in [0.15, 0.2) is 184 Å². The van der Waals surface area contributed by atoms with Gasteiger partial charge in [-0.1, -0.05) is 78.8 Å². The van der Waals surface area contributed by atoms with Crippen LogP contribution >= 0.6 is 63.7 Å². The Balaban J connectivity index is 0.000000242. The van der Waals surface area contributed by atoms with Crippen LogP contribution in [0.4, 0.5) is 0 Å². The molecule has 0 bridgehead atoms. The molecule has 28 nitrogen and oxygen atoms in total. The van der Waals surface area contributed by atoms with E-state index in [9.17, 15) is 53.7 Å². The van der Waals surface area contributed by atoms with Crippen molar-refractivity contribution in [3.05, 3.63) is 234 Å². The van der Waals surface area contributed by atoms with Crippen molar-refractivity contribution in [3.8, 4) is 34.5 Å². The quantitative estimate of drug-likeness (QED) is 0.0143. The Bertz CT molecular complexity index is 5060. The Morgan fingerprint density at radius 2 is 0.742 bits per heavy atom. The summed E-state index contributed by atoms with van der Waals surface area (Å²) in [6.07, 6.45) is 28.6. The minimum absolute atomic E-state index is 0.0314. The third kappa shape index (κ3) is 33.7. The highest BCUT2D eigenvalue weighted by Crippen LogP contribution is 2.40. The summed E-state index contributed by atoms with van der Waals surface area (Å²) >= 11 is 13.0. The van der Waals surface area contributed by atoms with E-state index in [1.165, 1.54) is 68.4 Å². The van der Waals surface area contributed by atoms with Crippen molar-refractivity contribution >= 4 is 135 Å². The monoisotopic (exact) mass is 2100 g/mol. The van der Waals surface area contributed by atoms with E-state index >= 15 is 0 Å². The molecule has 7 N–H and O–H groups in total. The number of allylic oxidation sites excluding steroid dienone is 1. The molecule has 714 valence electrons. The maximum absolute atomic E-state index is 13.1. The number of rotatable bonds is 22. The molecular weight excluding hydrogens is 1980 g/mol. The van der Waals surface area contributed by atoms with Gasteiger partial charge in [0.05, 0.1) is 87.6 Å². The number of phenols is 4. The highest BCUT2D eigenvalue weighted by Gasteiger charge is 2.41. The number of aliphatic hydroxyl groups excluding tert-OH is 1. The number of aldehydes is 3. The van der Waals surface area contributed by atoms with Crippen molar-refractivity contribution < 1.29 is 87.3 Å². The molecule has 5 atom stereocenters. The zero-order valence-corrected chi connectivity index (χ0v) is 85.7. The van der Waals surface area contributed by atoms with Gasteiger partial charge in [-0.2, -0.15) is 0 Å². The molecule has 5 aliphatic heterocycles. The summed E-state index contributed by atoms with van der Waals surface area (Å²) in [4.78, 5) is 122. The minimum atomic E-state index is -1.80. The summed E-state index contributed by atoms with van der Waals surface area (Å²) in [5, 5.41) is 59.2. The number of amides is 4. The molecule has 10 heterocycles. The van der Waals surface area contributed by atoms with Crippen molar-refractivity contribution in [2.24, 2.45) is 0 Å². The number of halogens is 4. The van der Waals surface area contributed by atoms with Gasteiger partial charge >= 0.3 is 5.97 Å². The Morgan fingerprint density at radius 3 is 1.06 bits per heavy atom. The maximum atomic E-state index is 13.1. The first-order valence-corrected chi connectivity index (χ1v) is 53.3. The lowest BCUT2D eigenvalue weighted by atomic mass is 10.0. The number of hydrogen-bond acceptors (Lipinski definition) is 23. The van der Waals surface area contributed by atoms with Crippen molar-refractivity contribution in [2.75, 3.05) is 65.8 Å². The molecule has 3 aromatic carbocycles. The number of carbonyl (C=O) groups excluding carboxylic acids is 7. The first kappa shape index (κ1) is 111. The summed E-state index contributed by atoms with van der Waals surface area (Å²) < 4.78 is 26.3. The number of nitrogens with one attached hydrogen (secondary N) is 1. The van der Waals surface area contributed by atoms with E-state index < -0.39 is 22.6 Å². The number of aromatic carboxylic acids is 1. The number of phenolic OH excluding ortho intramolecular Hbond substituents is 4. The van der Waals surface area contributed by atoms with E-state index in [0.29, 0.717) is 114 Å². The average Bonchev–Trinajstić information content (AvgIpc) is 0.822. The first-order chi connectivity index (χ1) is 62.8. The van der Waals surface area contributed by atoms with E-state index in [4.69, 9.17) is 33.6 Å². The number of likely N-dealkylation sites (tertiary alicyclic amines) is 4. The molecule has 5 aliphatic rings. The molecule has 8 aromatic rings. The number of aromatic hydroxyl groups is 4. The summed E-state index contributed by atoms with van der Waals surface area (Å²) in [5.41, 5.74) is 3.15. The smallest absolute Gasteiger partial charge is 0.338 e. The van der Waals surface area contributed by atoms with Crippen molar-refractivity contribution in [1.29, 1.82) is 0 Å². The highest BCUT2D eigenvalue weighted by molar-refractivity contribution is 9.11. The Labute approximate surface area is 811 Å². The molecule has 0 spiro atoms. The zero-order valence-electron chi connectivity index (χ0n) is 77.3. The molecular formula is C98H128Br4N10O18Si2. The number of aliphatic hydroxyl groups is 1. The Hall–Kier alpha value is -9.76. The van der Waals surface area contributed by atoms with Crippen LogP contribution in [-0.4, -0.2) is 236 Å². The number of nitrogens with zero attached hydrogens (tertiary/aromatic N) is 9. The molecule has 0 unspecified atom stereocenters. The molecule has 34 heteroatoms. The molecule has 5 aromatic heterocycles. The number of aromatic nitrogens is 5. The summed E-state index contributed by atoms with van der Waals surface area (Å²) in [7, 11) is -3.33. The number of carboxylic acids is 1. The fourth-order valence-corrected chi connectivity index (χ4v) is 17.8. The topological polar surface area (TPSA) is 384 Å². The van der Waals surface area contributed by atoms with Crippen LogP contribution in [0, 0.1) is 0 Å². The van der Waals surface area contributed by atoms with Gasteiger partial charge in [-0.25, -0.2) is 24.7 Å². The van der Waals surface area contributed by atoms with Crippen LogP contribution in [-0.2, 0) is 8.85 Å². The van der Waals surface area contributed by atoms with Crippen LogP contribution in [0.25, 0.3) is 6.08 Å². The van der Waals surface area contributed by atoms with E-state index in [-0.39, 0.29) is 118 Å². The summed E-state index contributed by atoms with van der Waals surface area (Å²) in [5.74, 6) is -1.16. The van der Waals surface area contributed by atoms with E-state index in [2.05, 4.69) is 175 Å². The third-order valence-corrected chi connectivity index (χ3v) is 35.2. The maximum Gasteiger partial charge on any atom is 0.338 e. The number of carboxylic acid groups (broad SMARTS) is 1. The van der Waals surface area contributed by atoms with Gasteiger partial charge in [-0.05, 0) is 306 Å². The van der Waals surface area contributed by atoms with E-state index in [1.54, 1.807) is 118 Å². The molecule has 0 radical (unpaired) electrons. The van der Waals surface area contributed by atoms with Gasteiger partial charge < -0.3 is 73.9 Å². The van der Waals surface area contributed by atoms with Gasteiger partial charge in [0.2, 0.25) is 0 Å². The number of pyridine rings is 5. The van der Waals surface area contributed by atoms with Crippen molar-refractivity contribution in [2.45, 2.75) is 211 Å². The first-order valence-electron chi connectivity index (χ1n) is 44.3. The normalized spacial score (nSPS) is 17.1. The van der Waals surface area contributed by atoms with E-state index in [0.717, 1.165) is 90.2 Å². The summed E-state index contributed by atoms with van der Waals surface area (Å²) in [6, 6.07) is 31.2. The van der Waals surface area contributed by atoms with Crippen LogP contribution in [0.2, 0.25) is 36.3 Å². The van der Waals surface area contributed by atoms with E-state index in [1.807, 2.05) is 24.0 Å². The summed E-state index contributed by atoms with van der Waals surface area (Å²) in [6.45, 7) is 37.9. The second kappa shape index (κ2) is 55.8. The predicted octanol–water partition coefficient (Wildman–Crippen LogP) is 20.2. The van der Waals surface area contributed by atoms with Crippen molar-refractivity contribution in [3.63, 3.8) is 0 Å². The second-order valence-corrected chi connectivity index (χ2v) is 47.5. The molecule has 132 heavy (non-hydrogen) atoms. The molecule has 4 amide bonds. The lowest BCUT2D eigenvalue weighted by Crippen LogP contribution is -2.50. The molecule has 0 saturated carbocycles. The zero-order chi connectivity index (χ0) is 97.3. The lowest BCUT2D eigenvalue weighted by molar-refractivity contribution is 0.0499. The average molecular weight is 2110 g/mol. The SMILES string of the molecule is C=CC.C=Cc1ncccc1C(=O)N1CCCC[C@H]1COc1cccc(O)c1C=O.CC(C)(C)[Si](C)(C)OC[C@@H]1CCCCN1.CC(C)(C)[Si](C)(C)OC[C@@H]1CCCCN1C(=O)c1cccnc1Br.O=C(O)c1cccnc1Br.O=C(c1cccnc1Br)N1CCCC[C@H]1CO.O=Cc1c(O)cccc1O.O=Cc1c(O)cccc1OC[C@@H]1CCCCN1C(=O)c1cccnc1Br. The van der Waals surface area contributed by atoms with Gasteiger partial charge in [0.15, 0.2) is 35.5 Å². The molecule has 5 fully saturated rings. The molecule has 13 rings (SSSR count). The van der Waals surface area contributed by atoms with Gasteiger partial charge in [0, 0.05) is 69.8 Å². The van der Waals surface area contributed by atoms with Gasteiger partial charge in [0.25, 0.3) is 23.6 Å². The van der Waals surface area contributed by atoms with Gasteiger partial charge in [-0.3, -0.25) is 38.5 Å². The van der Waals surface area contributed by atoms with Crippen molar-refractivity contribution in [1.82, 2.24) is 49.8 Å². The number of benzene rings is 3. The predicted molar refractivity (Wildman–Crippen MR) is 532 cm³/mol. The number of hydrogen-bond donors (Lipinski definition) is 7. The Morgan fingerprint density at radius 1 is 0.432 bits per heavy atom. The molecule has 5 saturated heterocycles. The standard InChI is InChI=1S/C21H22N2O4.C19H19BrN2O4.C18H29BrN2O2Si.C12H15BrN2O2.C12H27NOSi.C7H6O3.C6H4BrNO2.C3H6/c1-2-18-16(8-6-11-22-18)21(26)23-12-4-3-7-15(23)14-27-20-10-5-9-19(25)17(20)13-24;20-18-14(6-4-9-21-18)19(25)22-10-2-1-5-13(22)12-26-17-8-3-7-16(24)15(17)11-23;1-18(2,3)24(4,5)23-13-14-9-6-7-12-21(14)17(22)15-10-8-11-20-16(15)19;13-11-10(5-3-6-14-11)12(17)15-7-2-1-4-9(15)8-16;1-12(2,3)15(4,5)14-10-11-8-6-7-9-13-11;8-4-5-6(9)2-1-3-7(5)10;7-5-4(6(9)10)2-1-3-8-5;1-3-2/h2,5-6,8-11,13,15,25H,1,3-4,7,12,14H2;3-4,6-9,11,13,24H,1-2,5,10,12H2;8,10-11,14H,6-7,9,12-13H2,1-5H3;3,5-6,9,16H,1-2,4,7-8H2;11,13H,6-10H2,1-5H3;1-4,9-10H;1-3H,(H,9,10);3H,1H2,2H3/t15-;13-;14-;9-;11-;;;/m00000.../s1. The van der Waals surface area contributed by atoms with Crippen LogP contribution < -0.4 is 14.8 Å². The van der Waals surface area contributed by atoms with Crippen LogP contribution in [0.1, 0.15) is 233 Å². The lowest BCUT2D eigenvalue weighted by Gasteiger charge is -2.41. The van der Waals surface area contributed by atoms with Crippen LogP contribution in [0.3, 0.4) is 0 Å². The highest BCUT2D eigenvalue weighted by atomic mass is 79.9.